The Labute approximate surface area is 122 Å². The summed E-state index contributed by atoms with van der Waals surface area (Å²) in [4.78, 5) is 16.5. The minimum Gasteiger partial charge on any atom is -0.336 e. The maximum absolute atomic E-state index is 13.4. The van der Waals surface area contributed by atoms with Crippen molar-refractivity contribution in [1.29, 1.82) is 0 Å². The average molecular weight is 298 g/mol. The van der Waals surface area contributed by atoms with Crippen molar-refractivity contribution in [2.45, 2.75) is 6.04 Å². The van der Waals surface area contributed by atoms with Crippen LogP contribution < -0.4 is 5.32 Å². The summed E-state index contributed by atoms with van der Waals surface area (Å²) < 4.78 is 13.4. The number of hydrogen-bond donors (Lipinski definition) is 1. The van der Waals surface area contributed by atoms with E-state index in [0.717, 1.165) is 26.2 Å². The fourth-order valence-corrected chi connectivity index (χ4v) is 2.75. The highest BCUT2D eigenvalue weighted by molar-refractivity contribution is 6.30. The molecule has 1 N–H and O–H groups in total. The Hall–Kier alpha value is -1.17. The van der Waals surface area contributed by atoms with Crippen LogP contribution in [0.15, 0.2) is 18.2 Å². The van der Waals surface area contributed by atoms with Gasteiger partial charge in [-0.25, -0.2) is 4.39 Å². The van der Waals surface area contributed by atoms with Gasteiger partial charge in [0.05, 0.1) is 5.02 Å². The highest BCUT2D eigenvalue weighted by atomic mass is 35.5. The average Bonchev–Trinajstić information content (AvgIpc) is 2.40. The Kier molecular flexibility index (Phi) is 3.92. The Morgan fingerprint density at radius 1 is 1.25 bits per heavy atom. The second kappa shape index (κ2) is 5.68. The number of carbonyl (C=O) groups is 1. The molecule has 3 rings (SSSR count). The van der Waals surface area contributed by atoms with Crippen LogP contribution in [0, 0.1) is 5.82 Å². The van der Waals surface area contributed by atoms with E-state index in [9.17, 15) is 9.18 Å². The molecule has 0 atom stereocenters. The second-order valence-electron chi connectivity index (χ2n) is 5.27. The molecule has 1 aromatic rings. The number of rotatable bonds is 2. The monoisotopic (exact) mass is 297 g/mol. The molecule has 2 heterocycles. The van der Waals surface area contributed by atoms with E-state index >= 15 is 0 Å². The molecule has 2 aliphatic heterocycles. The molecule has 2 saturated heterocycles. The predicted octanol–water partition coefficient (Wildman–Crippen LogP) is 1.21. The van der Waals surface area contributed by atoms with Crippen molar-refractivity contribution in [1.82, 2.24) is 15.1 Å². The summed E-state index contributed by atoms with van der Waals surface area (Å²) in [5.41, 5.74) is 0.366. The zero-order chi connectivity index (χ0) is 14.1. The maximum atomic E-state index is 13.4. The van der Waals surface area contributed by atoms with Crippen LogP contribution >= 0.6 is 11.6 Å². The zero-order valence-corrected chi connectivity index (χ0v) is 11.9. The van der Waals surface area contributed by atoms with Gasteiger partial charge in [0, 0.05) is 50.9 Å². The first-order chi connectivity index (χ1) is 9.65. The van der Waals surface area contributed by atoms with Crippen LogP contribution in [0.2, 0.25) is 5.02 Å². The lowest BCUT2D eigenvalue weighted by molar-refractivity contribution is 0.0501. The quantitative estimate of drug-likeness (QED) is 0.891. The molecule has 4 nitrogen and oxygen atoms in total. The van der Waals surface area contributed by atoms with Gasteiger partial charge in [-0.3, -0.25) is 9.69 Å². The molecule has 1 amide bonds. The summed E-state index contributed by atoms with van der Waals surface area (Å²) in [6.45, 7) is 5.23. The number of halogens is 2. The van der Waals surface area contributed by atoms with Gasteiger partial charge < -0.3 is 10.2 Å². The molecule has 1 aromatic carbocycles. The Morgan fingerprint density at radius 3 is 2.50 bits per heavy atom. The summed E-state index contributed by atoms with van der Waals surface area (Å²) in [5, 5.41) is 3.30. The fourth-order valence-electron chi connectivity index (χ4n) is 2.63. The van der Waals surface area contributed by atoms with E-state index in [0.29, 0.717) is 24.7 Å². The second-order valence-corrected chi connectivity index (χ2v) is 5.68. The lowest BCUT2D eigenvalue weighted by Crippen LogP contribution is -2.62. The number of carbonyl (C=O) groups excluding carboxylic acids is 1. The van der Waals surface area contributed by atoms with Crippen molar-refractivity contribution in [3.05, 3.63) is 34.6 Å². The SMILES string of the molecule is O=C(c1ccc(Cl)c(F)c1)N1CCN(C2CNC2)CC1. The standard InChI is InChI=1S/C14H17ClFN3O/c15-12-2-1-10(7-13(12)16)14(20)19-5-3-18(4-6-19)11-8-17-9-11/h1-2,7,11,17H,3-6,8-9H2. The van der Waals surface area contributed by atoms with Crippen molar-refractivity contribution in [2.24, 2.45) is 0 Å². The van der Waals surface area contributed by atoms with Crippen molar-refractivity contribution in [2.75, 3.05) is 39.3 Å². The number of nitrogens with zero attached hydrogens (tertiary/aromatic N) is 2. The van der Waals surface area contributed by atoms with Crippen molar-refractivity contribution in [3.63, 3.8) is 0 Å². The summed E-state index contributed by atoms with van der Waals surface area (Å²) in [6.07, 6.45) is 0. The first-order valence-corrected chi connectivity index (χ1v) is 7.22. The van der Waals surface area contributed by atoms with E-state index in [-0.39, 0.29) is 10.9 Å². The van der Waals surface area contributed by atoms with Crippen LogP contribution in [0.3, 0.4) is 0 Å². The molecule has 0 aromatic heterocycles. The summed E-state index contributed by atoms with van der Waals surface area (Å²) >= 11 is 5.63. The van der Waals surface area contributed by atoms with Gasteiger partial charge in [-0.05, 0) is 18.2 Å². The van der Waals surface area contributed by atoms with E-state index < -0.39 is 5.82 Å². The molecular weight excluding hydrogens is 281 g/mol. The lowest BCUT2D eigenvalue weighted by Gasteiger charge is -2.43. The van der Waals surface area contributed by atoms with Crippen LogP contribution in [-0.2, 0) is 0 Å². The van der Waals surface area contributed by atoms with Crippen molar-refractivity contribution in [3.8, 4) is 0 Å². The zero-order valence-electron chi connectivity index (χ0n) is 11.1. The summed E-state index contributed by atoms with van der Waals surface area (Å²) in [7, 11) is 0. The molecule has 0 saturated carbocycles. The van der Waals surface area contributed by atoms with Crippen molar-refractivity contribution < 1.29 is 9.18 Å². The van der Waals surface area contributed by atoms with E-state index in [1.54, 1.807) is 11.0 Å². The Morgan fingerprint density at radius 2 is 1.95 bits per heavy atom. The van der Waals surface area contributed by atoms with Gasteiger partial charge in [0.25, 0.3) is 5.91 Å². The minimum atomic E-state index is -0.545. The van der Waals surface area contributed by atoms with E-state index in [1.165, 1.54) is 12.1 Å². The molecule has 0 bridgehead atoms. The molecule has 2 fully saturated rings. The van der Waals surface area contributed by atoms with Crippen molar-refractivity contribution >= 4 is 17.5 Å². The number of piperazine rings is 1. The molecule has 0 spiro atoms. The number of hydrogen-bond acceptors (Lipinski definition) is 3. The molecular formula is C14H17ClFN3O. The number of amides is 1. The largest absolute Gasteiger partial charge is 0.336 e. The summed E-state index contributed by atoms with van der Waals surface area (Å²) in [6, 6.07) is 4.84. The molecule has 20 heavy (non-hydrogen) atoms. The fraction of sp³-hybridized carbons (Fsp3) is 0.500. The Bertz CT molecular complexity index is 513. The molecule has 0 aliphatic carbocycles. The highest BCUT2D eigenvalue weighted by Crippen LogP contribution is 2.18. The minimum absolute atomic E-state index is 0.0452. The molecule has 0 unspecified atom stereocenters. The third-order valence-corrected chi connectivity index (χ3v) is 4.35. The molecule has 0 radical (unpaired) electrons. The van der Waals surface area contributed by atoms with Crippen LogP contribution in [0.25, 0.3) is 0 Å². The molecule has 6 heteroatoms. The Balaban J connectivity index is 1.62. The smallest absolute Gasteiger partial charge is 0.254 e. The van der Waals surface area contributed by atoms with Gasteiger partial charge in [-0.15, -0.1) is 0 Å². The molecule has 108 valence electrons. The molecule has 2 aliphatic rings. The van der Waals surface area contributed by atoms with Crippen LogP contribution in [0.5, 0.6) is 0 Å². The van der Waals surface area contributed by atoms with Gasteiger partial charge in [-0.2, -0.15) is 0 Å². The van der Waals surface area contributed by atoms with Gasteiger partial charge in [-0.1, -0.05) is 11.6 Å². The van der Waals surface area contributed by atoms with E-state index in [1.807, 2.05) is 0 Å². The number of nitrogens with one attached hydrogen (secondary N) is 1. The summed E-state index contributed by atoms with van der Waals surface area (Å²) in [5.74, 6) is -0.663. The van der Waals surface area contributed by atoms with Gasteiger partial charge >= 0.3 is 0 Å². The third-order valence-electron chi connectivity index (χ3n) is 4.04. The van der Waals surface area contributed by atoms with Crippen LogP contribution in [0.1, 0.15) is 10.4 Å². The third kappa shape index (κ3) is 2.66. The first-order valence-electron chi connectivity index (χ1n) is 6.84. The van der Waals surface area contributed by atoms with Gasteiger partial charge in [0.15, 0.2) is 0 Å². The van der Waals surface area contributed by atoms with E-state index in [4.69, 9.17) is 11.6 Å². The van der Waals surface area contributed by atoms with E-state index in [2.05, 4.69) is 10.2 Å². The topological polar surface area (TPSA) is 35.6 Å². The van der Waals surface area contributed by atoms with Crippen LogP contribution in [-0.4, -0.2) is 61.0 Å². The van der Waals surface area contributed by atoms with Gasteiger partial charge in [0.2, 0.25) is 0 Å². The lowest BCUT2D eigenvalue weighted by atomic mass is 10.1. The normalized spacial score (nSPS) is 20.8. The first kappa shape index (κ1) is 13.8. The maximum Gasteiger partial charge on any atom is 0.254 e. The predicted molar refractivity (Wildman–Crippen MR) is 75.5 cm³/mol. The number of benzene rings is 1. The highest BCUT2D eigenvalue weighted by Gasteiger charge is 2.29. The van der Waals surface area contributed by atoms with Gasteiger partial charge in [0.1, 0.15) is 5.82 Å². The van der Waals surface area contributed by atoms with Crippen LogP contribution in [0.4, 0.5) is 4.39 Å².